The number of rotatable bonds is 3. The zero-order valence-corrected chi connectivity index (χ0v) is 15.2. The van der Waals surface area contributed by atoms with Crippen molar-refractivity contribution < 1.29 is 9.21 Å². The van der Waals surface area contributed by atoms with Crippen molar-refractivity contribution in [3.05, 3.63) is 96.2 Å². The number of anilines is 1. The number of hydrogen-bond donors (Lipinski definition) is 0. The second-order valence-corrected chi connectivity index (χ2v) is 6.78. The third-order valence-corrected chi connectivity index (χ3v) is 5.08. The highest BCUT2D eigenvalue weighted by atomic mass is 16.4. The van der Waals surface area contributed by atoms with Crippen LogP contribution in [0.25, 0.3) is 22.8 Å². The van der Waals surface area contributed by atoms with Gasteiger partial charge in [-0.05, 0) is 30.2 Å². The quantitative estimate of drug-likeness (QED) is 0.500. The molecule has 3 aromatic carbocycles. The van der Waals surface area contributed by atoms with Crippen LogP contribution in [0, 0.1) is 0 Å². The third kappa shape index (κ3) is 2.79. The Morgan fingerprint density at radius 1 is 0.893 bits per heavy atom. The van der Waals surface area contributed by atoms with Gasteiger partial charge in [0.1, 0.15) is 0 Å². The van der Waals surface area contributed by atoms with Crippen molar-refractivity contribution in [1.29, 1.82) is 0 Å². The Labute approximate surface area is 163 Å². The monoisotopic (exact) mass is 366 g/mol. The van der Waals surface area contributed by atoms with E-state index in [1.165, 1.54) is 5.56 Å². The van der Waals surface area contributed by atoms with Crippen molar-refractivity contribution in [3.8, 4) is 22.8 Å². The first kappa shape index (κ1) is 16.5. The molecule has 5 rings (SSSR count). The van der Waals surface area contributed by atoms with E-state index >= 15 is 0 Å². The molecule has 1 aliphatic heterocycles. The molecule has 0 N–H and O–H groups in total. The van der Waals surface area contributed by atoms with Gasteiger partial charge in [-0.3, -0.25) is 4.79 Å². The normalized spacial score (nSPS) is 12.8. The van der Waals surface area contributed by atoms with Crippen LogP contribution in [0.15, 0.2) is 89.5 Å². The van der Waals surface area contributed by atoms with Crippen LogP contribution in [0.1, 0.15) is 15.9 Å². The van der Waals surface area contributed by atoms with Gasteiger partial charge in [0.15, 0.2) is 5.76 Å². The Balaban J connectivity index is 1.52. The maximum Gasteiger partial charge on any atom is 0.259 e. The van der Waals surface area contributed by atoms with Crippen LogP contribution < -0.4 is 4.90 Å². The van der Waals surface area contributed by atoms with Gasteiger partial charge in [0.05, 0.1) is 11.8 Å². The summed E-state index contributed by atoms with van der Waals surface area (Å²) in [5, 5.41) is 0. The molecule has 1 aliphatic rings. The molecule has 1 aromatic heterocycles. The van der Waals surface area contributed by atoms with Gasteiger partial charge in [0, 0.05) is 23.4 Å². The van der Waals surface area contributed by atoms with E-state index in [0.717, 1.165) is 17.7 Å². The first-order valence-electron chi connectivity index (χ1n) is 9.32. The van der Waals surface area contributed by atoms with Crippen molar-refractivity contribution >= 4 is 11.6 Å². The summed E-state index contributed by atoms with van der Waals surface area (Å²) < 4.78 is 6.00. The SMILES string of the molecule is O=C(c1ccccc1-c1ncc(-c2ccccc2)o1)N1CCc2ccccc21. The Hall–Kier alpha value is -3.66. The number of nitrogens with zero attached hydrogens (tertiary/aromatic N) is 2. The maximum absolute atomic E-state index is 13.3. The summed E-state index contributed by atoms with van der Waals surface area (Å²) in [5.74, 6) is 1.11. The molecular weight excluding hydrogens is 348 g/mol. The predicted molar refractivity (Wildman–Crippen MR) is 109 cm³/mol. The number of hydrogen-bond acceptors (Lipinski definition) is 3. The molecule has 2 heterocycles. The average Bonchev–Trinajstić information content (AvgIpc) is 3.41. The van der Waals surface area contributed by atoms with Gasteiger partial charge in [-0.1, -0.05) is 60.7 Å². The van der Waals surface area contributed by atoms with Crippen LogP contribution in [-0.2, 0) is 6.42 Å². The van der Waals surface area contributed by atoms with Crippen molar-refractivity contribution in [1.82, 2.24) is 4.98 Å². The second kappa shape index (κ2) is 6.82. The number of benzene rings is 3. The number of carbonyl (C=O) groups is 1. The summed E-state index contributed by atoms with van der Waals surface area (Å²) >= 11 is 0. The zero-order chi connectivity index (χ0) is 18.9. The molecule has 0 unspecified atom stereocenters. The van der Waals surface area contributed by atoms with Crippen molar-refractivity contribution in [2.75, 3.05) is 11.4 Å². The fourth-order valence-corrected chi connectivity index (χ4v) is 3.69. The summed E-state index contributed by atoms with van der Waals surface area (Å²) in [6.07, 6.45) is 2.58. The molecule has 1 amide bonds. The lowest BCUT2D eigenvalue weighted by molar-refractivity contribution is 0.0990. The number of para-hydroxylation sites is 1. The highest BCUT2D eigenvalue weighted by Gasteiger charge is 2.27. The maximum atomic E-state index is 13.3. The van der Waals surface area contributed by atoms with Gasteiger partial charge in [0.2, 0.25) is 5.89 Å². The van der Waals surface area contributed by atoms with Crippen molar-refractivity contribution in [2.24, 2.45) is 0 Å². The Morgan fingerprint density at radius 2 is 1.64 bits per heavy atom. The van der Waals surface area contributed by atoms with E-state index < -0.39 is 0 Å². The molecule has 0 aliphatic carbocycles. The molecular formula is C24H18N2O2. The smallest absolute Gasteiger partial charge is 0.259 e. The summed E-state index contributed by atoms with van der Waals surface area (Å²) in [5.41, 5.74) is 4.45. The fourth-order valence-electron chi connectivity index (χ4n) is 3.69. The molecule has 0 spiro atoms. The van der Waals surface area contributed by atoms with E-state index in [0.29, 0.717) is 29.3 Å². The van der Waals surface area contributed by atoms with Gasteiger partial charge < -0.3 is 9.32 Å². The van der Waals surface area contributed by atoms with Crippen molar-refractivity contribution in [2.45, 2.75) is 6.42 Å². The molecule has 4 nitrogen and oxygen atoms in total. The van der Waals surface area contributed by atoms with E-state index in [4.69, 9.17) is 4.42 Å². The number of amides is 1. The molecule has 0 fully saturated rings. The second-order valence-electron chi connectivity index (χ2n) is 6.78. The molecule has 0 saturated carbocycles. The standard InChI is InChI=1S/C24H18N2O2/c27-24(26-15-14-17-8-4-7-13-21(17)26)20-12-6-5-11-19(20)23-25-16-22(28-23)18-9-2-1-3-10-18/h1-13,16H,14-15H2. The van der Waals surface area contributed by atoms with E-state index in [9.17, 15) is 4.79 Å². The summed E-state index contributed by atoms with van der Waals surface area (Å²) in [7, 11) is 0. The summed E-state index contributed by atoms with van der Waals surface area (Å²) in [6.45, 7) is 0.688. The number of oxazole rings is 1. The van der Waals surface area contributed by atoms with Crippen molar-refractivity contribution in [3.63, 3.8) is 0 Å². The lowest BCUT2D eigenvalue weighted by Gasteiger charge is -2.18. The van der Waals surface area contributed by atoms with Gasteiger partial charge in [0.25, 0.3) is 5.91 Å². The molecule has 4 aromatic rings. The highest BCUT2D eigenvalue weighted by molar-refractivity contribution is 6.10. The highest BCUT2D eigenvalue weighted by Crippen LogP contribution is 2.32. The Bertz CT molecular complexity index is 1150. The predicted octanol–water partition coefficient (Wildman–Crippen LogP) is 5.21. The third-order valence-electron chi connectivity index (χ3n) is 5.08. The molecule has 28 heavy (non-hydrogen) atoms. The molecule has 0 atom stereocenters. The first-order chi connectivity index (χ1) is 13.8. The fraction of sp³-hybridized carbons (Fsp3) is 0.0833. The van der Waals surface area contributed by atoms with E-state index in [-0.39, 0.29) is 5.91 Å². The number of carbonyl (C=O) groups excluding carboxylic acids is 1. The summed E-state index contributed by atoms with van der Waals surface area (Å²) in [4.78, 5) is 19.6. The molecule has 4 heteroatoms. The van der Waals surface area contributed by atoms with Crippen LogP contribution >= 0.6 is 0 Å². The lowest BCUT2D eigenvalue weighted by Crippen LogP contribution is -2.29. The van der Waals surface area contributed by atoms with E-state index in [1.54, 1.807) is 6.20 Å². The molecule has 0 saturated heterocycles. The Morgan fingerprint density at radius 3 is 2.54 bits per heavy atom. The summed E-state index contributed by atoms with van der Waals surface area (Å²) in [6, 6.07) is 25.4. The first-order valence-corrected chi connectivity index (χ1v) is 9.32. The number of fused-ring (bicyclic) bond motifs is 1. The minimum absolute atomic E-state index is 0.0278. The molecule has 0 radical (unpaired) electrons. The average molecular weight is 366 g/mol. The van der Waals surface area contributed by atoms with E-state index in [1.807, 2.05) is 77.7 Å². The lowest BCUT2D eigenvalue weighted by atomic mass is 10.1. The van der Waals surface area contributed by atoms with Crippen LogP contribution in [0.4, 0.5) is 5.69 Å². The van der Waals surface area contributed by atoms with Crippen LogP contribution in [0.2, 0.25) is 0 Å². The van der Waals surface area contributed by atoms with Gasteiger partial charge in [-0.2, -0.15) is 0 Å². The minimum atomic E-state index is -0.0278. The molecule has 136 valence electrons. The van der Waals surface area contributed by atoms with Gasteiger partial charge >= 0.3 is 0 Å². The van der Waals surface area contributed by atoms with Gasteiger partial charge in [-0.15, -0.1) is 0 Å². The van der Waals surface area contributed by atoms with Crippen LogP contribution in [0.5, 0.6) is 0 Å². The van der Waals surface area contributed by atoms with Crippen LogP contribution in [0.3, 0.4) is 0 Å². The molecule has 0 bridgehead atoms. The number of aromatic nitrogens is 1. The zero-order valence-electron chi connectivity index (χ0n) is 15.2. The van der Waals surface area contributed by atoms with Gasteiger partial charge in [-0.25, -0.2) is 4.98 Å². The Kier molecular flexibility index (Phi) is 4.02. The minimum Gasteiger partial charge on any atom is -0.436 e. The van der Waals surface area contributed by atoms with E-state index in [2.05, 4.69) is 11.1 Å². The van der Waals surface area contributed by atoms with Crippen LogP contribution in [-0.4, -0.2) is 17.4 Å². The topological polar surface area (TPSA) is 46.3 Å². The largest absolute Gasteiger partial charge is 0.436 e.